The first-order valence-electron chi connectivity index (χ1n) is 10.1. The third kappa shape index (κ3) is 5.47. The molecule has 0 bridgehead atoms. The minimum atomic E-state index is -3.86. The Morgan fingerprint density at radius 2 is 1.48 bits per heavy atom. The molecule has 0 aliphatic carbocycles. The van der Waals surface area contributed by atoms with Crippen LogP contribution >= 0.6 is 0 Å². The van der Waals surface area contributed by atoms with Crippen LogP contribution in [-0.2, 0) is 10.1 Å². The number of aromatic hydroxyl groups is 2. The maximum atomic E-state index is 12.9. The normalized spacial score (nSPS) is 12.7. The molecule has 2 N–H and O–H groups in total. The second-order valence-corrected chi connectivity index (χ2v) is 9.26. The Bertz CT molecular complexity index is 1150. The van der Waals surface area contributed by atoms with Gasteiger partial charge in [0.15, 0.2) is 5.75 Å². The molecule has 0 fully saturated rings. The third-order valence-electron chi connectivity index (χ3n) is 5.03. The summed E-state index contributed by atoms with van der Waals surface area (Å²) < 4.78 is 31.4. The van der Waals surface area contributed by atoms with Crippen molar-refractivity contribution in [1.82, 2.24) is 0 Å². The van der Waals surface area contributed by atoms with E-state index in [0.29, 0.717) is 24.0 Å². The molecule has 0 saturated carbocycles. The van der Waals surface area contributed by atoms with E-state index in [4.69, 9.17) is 4.18 Å². The number of phenols is 2. The predicted molar refractivity (Wildman–Crippen MR) is 124 cm³/mol. The van der Waals surface area contributed by atoms with Crippen LogP contribution in [0.4, 0.5) is 0 Å². The van der Waals surface area contributed by atoms with Gasteiger partial charge in [-0.3, -0.25) is 0 Å². The SMILES string of the molecule is CC=CCCC(C)S(=O)(=O)Oc1cccc(-c2ccc(O)cc2)c1-c1ccc(O)cc1. The van der Waals surface area contributed by atoms with Crippen LogP contribution in [0.3, 0.4) is 0 Å². The Morgan fingerprint density at radius 1 is 0.903 bits per heavy atom. The molecule has 162 valence electrons. The highest BCUT2D eigenvalue weighted by molar-refractivity contribution is 7.87. The van der Waals surface area contributed by atoms with Crippen molar-refractivity contribution >= 4 is 10.1 Å². The zero-order chi connectivity index (χ0) is 22.4. The fourth-order valence-corrected chi connectivity index (χ4v) is 4.24. The van der Waals surface area contributed by atoms with Crippen LogP contribution in [-0.4, -0.2) is 23.9 Å². The van der Waals surface area contributed by atoms with E-state index in [1.807, 2.05) is 25.1 Å². The summed E-state index contributed by atoms with van der Waals surface area (Å²) in [5.74, 6) is 0.465. The van der Waals surface area contributed by atoms with Gasteiger partial charge in [0.25, 0.3) is 0 Å². The van der Waals surface area contributed by atoms with Gasteiger partial charge in [0.1, 0.15) is 11.5 Å². The van der Waals surface area contributed by atoms with Crippen LogP contribution in [0.15, 0.2) is 78.9 Å². The van der Waals surface area contributed by atoms with Crippen molar-refractivity contribution in [3.05, 3.63) is 78.9 Å². The molecular weight excluding hydrogens is 412 g/mol. The van der Waals surface area contributed by atoms with Gasteiger partial charge in [-0.15, -0.1) is 0 Å². The first-order chi connectivity index (χ1) is 14.8. The van der Waals surface area contributed by atoms with Gasteiger partial charge in [-0.25, -0.2) is 0 Å². The summed E-state index contributed by atoms with van der Waals surface area (Å²) >= 11 is 0. The van der Waals surface area contributed by atoms with E-state index in [1.54, 1.807) is 67.6 Å². The van der Waals surface area contributed by atoms with E-state index in [2.05, 4.69) is 0 Å². The Balaban J connectivity index is 2.08. The van der Waals surface area contributed by atoms with Crippen molar-refractivity contribution in [2.24, 2.45) is 0 Å². The minimum Gasteiger partial charge on any atom is -0.508 e. The lowest BCUT2D eigenvalue weighted by molar-refractivity contribution is 0.470. The molecule has 0 amide bonds. The molecule has 0 aliphatic heterocycles. The summed E-state index contributed by atoms with van der Waals surface area (Å²) in [6.07, 6.45) is 4.93. The summed E-state index contributed by atoms with van der Waals surface area (Å²) in [7, 11) is -3.86. The Kier molecular flexibility index (Phi) is 7.02. The second-order valence-electron chi connectivity index (χ2n) is 7.31. The molecule has 6 heteroatoms. The molecule has 1 atom stereocenters. The quantitative estimate of drug-likeness (QED) is 0.339. The monoisotopic (exact) mass is 438 g/mol. The van der Waals surface area contributed by atoms with Gasteiger partial charge < -0.3 is 14.4 Å². The number of hydrogen-bond donors (Lipinski definition) is 2. The molecule has 0 radical (unpaired) electrons. The standard InChI is InChI=1S/C25H26O5S/c1-3-4-5-7-18(2)31(28,29)30-24-9-6-8-23(19-10-14-21(26)15-11-19)25(24)20-12-16-22(27)17-13-20/h3-4,6,8-18,26-27H,5,7H2,1-2H3. The summed E-state index contributed by atoms with van der Waals surface area (Å²) in [4.78, 5) is 0. The first-order valence-corrected chi connectivity index (χ1v) is 11.5. The highest BCUT2D eigenvalue weighted by Crippen LogP contribution is 2.41. The van der Waals surface area contributed by atoms with E-state index in [-0.39, 0.29) is 17.2 Å². The summed E-state index contributed by atoms with van der Waals surface area (Å²) in [6, 6.07) is 18.4. The van der Waals surface area contributed by atoms with E-state index in [1.165, 1.54) is 0 Å². The summed E-state index contributed by atoms with van der Waals surface area (Å²) in [5, 5.41) is 18.7. The van der Waals surface area contributed by atoms with E-state index >= 15 is 0 Å². The fraction of sp³-hybridized carbons (Fsp3) is 0.200. The largest absolute Gasteiger partial charge is 0.508 e. The number of benzene rings is 3. The maximum absolute atomic E-state index is 12.9. The van der Waals surface area contributed by atoms with Crippen molar-refractivity contribution in [2.45, 2.75) is 31.9 Å². The van der Waals surface area contributed by atoms with Crippen molar-refractivity contribution in [2.75, 3.05) is 0 Å². The Morgan fingerprint density at radius 3 is 2.06 bits per heavy atom. The Labute approximate surface area is 183 Å². The van der Waals surface area contributed by atoms with E-state index in [9.17, 15) is 18.6 Å². The molecule has 3 rings (SSSR count). The van der Waals surface area contributed by atoms with Crippen LogP contribution in [0.5, 0.6) is 17.2 Å². The molecular formula is C25H26O5S. The van der Waals surface area contributed by atoms with Crippen molar-refractivity contribution < 1.29 is 22.8 Å². The Hall–Kier alpha value is -3.25. The average molecular weight is 439 g/mol. The smallest absolute Gasteiger partial charge is 0.311 e. The maximum Gasteiger partial charge on any atom is 0.311 e. The fourth-order valence-electron chi connectivity index (χ4n) is 3.26. The van der Waals surface area contributed by atoms with Gasteiger partial charge >= 0.3 is 10.1 Å². The molecule has 0 saturated heterocycles. The molecule has 5 nitrogen and oxygen atoms in total. The van der Waals surface area contributed by atoms with Gasteiger partial charge in [0, 0.05) is 5.56 Å². The summed E-state index contributed by atoms with van der Waals surface area (Å²) in [5.41, 5.74) is 2.84. The predicted octanol–water partition coefficient (Wildman–Crippen LogP) is 5.89. The second kappa shape index (κ2) is 9.71. The van der Waals surface area contributed by atoms with Crippen LogP contribution in [0.1, 0.15) is 26.7 Å². The highest BCUT2D eigenvalue weighted by Gasteiger charge is 2.25. The van der Waals surface area contributed by atoms with Gasteiger partial charge in [0.2, 0.25) is 0 Å². The van der Waals surface area contributed by atoms with Gasteiger partial charge in [0.05, 0.1) is 5.25 Å². The first kappa shape index (κ1) is 22.4. The van der Waals surface area contributed by atoms with Crippen LogP contribution < -0.4 is 4.18 Å². The molecule has 0 aromatic heterocycles. The molecule has 31 heavy (non-hydrogen) atoms. The lowest BCUT2D eigenvalue weighted by atomic mass is 9.93. The topological polar surface area (TPSA) is 83.8 Å². The number of allylic oxidation sites excluding steroid dienone is 2. The molecule has 0 spiro atoms. The van der Waals surface area contributed by atoms with Crippen LogP contribution in [0.2, 0.25) is 0 Å². The lowest BCUT2D eigenvalue weighted by Crippen LogP contribution is -2.23. The zero-order valence-electron chi connectivity index (χ0n) is 17.5. The van der Waals surface area contributed by atoms with Crippen molar-refractivity contribution in [1.29, 1.82) is 0 Å². The zero-order valence-corrected chi connectivity index (χ0v) is 18.3. The van der Waals surface area contributed by atoms with Crippen LogP contribution in [0, 0.1) is 0 Å². The molecule has 1 unspecified atom stereocenters. The van der Waals surface area contributed by atoms with Gasteiger partial charge in [-0.1, -0.05) is 48.6 Å². The van der Waals surface area contributed by atoms with Crippen molar-refractivity contribution in [3.8, 4) is 39.5 Å². The molecule has 3 aromatic rings. The van der Waals surface area contributed by atoms with Gasteiger partial charge in [-0.05, 0) is 73.7 Å². The van der Waals surface area contributed by atoms with Gasteiger partial charge in [-0.2, -0.15) is 8.42 Å². The average Bonchev–Trinajstić information content (AvgIpc) is 2.75. The molecule has 3 aromatic carbocycles. The number of rotatable bonds is 8. The molecule has 0 aliphatic rings. The molecule has 0 heterocycles. The van der Waals surface area contributed by atoms with Crippen LogP contribution in [0.25, 0.3) is 22.3 Å². The lowest BCUT2D eigenvalue weighted by Gasteiger charge is -2.18. The number of hydrogen-bond acceptors (Lipinski definition) is 5. The number of phenolic OH excluding ortho intramolecular Hbond substituents is 2. The van der Waals surface area contributed by atoms with Crippen molar-refractivity contribution in [3.63, 3.8) is 0 Å². The third-order valence-corrected chi connectivity index (χ3v) is 6.67. The van der Waals surface area contributed by atoms with E-state index in [0.717, 1.165) is 11.1 Å². The minimum absolute atomic E-state index is 0.110. The van der Waals surface area contributed by atoms with E-state index < -0.39 is 15.4 Å². The summed E-state index contributed by atoms with van der Waals surface area (Å²) in [6.45, 7) is 3.54. The highest BCUT2D eigenvalue weighted by atomic mass is 32.2.